The zero-order chi connectivity index (χ0) is 25.8. The van der Waals surface area contributed by atoms with Gasteiger partial charge in [0.15, 0.2) is 6.10 Å². The van der Waals surface area contributed by atoms with Crippen molar-refractivity contribution < 1.29 is 33.4 Å². The Kier molecular flexibility index (Phi) is 11.2. The van der Waals surface area contributed by atoms with E-state index in [2.05, 4.69) is 10.4 Å². The number of urea groups is 1. The molecule has 2 fully saturated rings. The molecule has 0 aromatic carbocycles. The number of hydrazone groups is 1. The number of carbonyl (C=O) groups excluding carboxylic acids is 4. The van der Waals surface area contributed by atoms with Crippen molar-refractivity contribution in [2.45, 2.75) is 83.5 Å². The molecule has 0 radical (unpaired) electrons. The average molecular weight is 498 g/mol. The van der Waals surface area contributed by atoms with Crippen molar-refractivity contribution in [1.82, 2.24) is 15.6 Å². The van der Waals surface area contributed by atoms with E-state index in [1.165, 1.54) is 6.42 Å². The summed E-state index contributed by atoms with van der Waals surface area (Å²) in [5.74, 6) is -0.538. The molecule has 1 saturated heterocycles. The molecular weight excluding hydrogens is 458 g/mol. The van der Waals surface area contributed by atoms with Gasteiger partial charge in [0.1, 0.15) is 5.60 Å². The summed E-state index contributed by atoms with van der Waals surface area (Å²) >= 11 is 0. The van der Waals surface area contributed by atoms with Gasteiger partial charge in [0.25, 0.3) is 5.91 Å². The summed E-state index contributed by atoms with van der Waals surface area (Å²) in [4.78, 5) is 50.8. The average Bonchev–Trinajstić information content (AvgIpc) is 2.77. The van der Waals surface area contributed by atoms with E-state index in [0.29, 0.717) is 38.6 Å². The molecule has 0 bridgehead atoms. The van der Waals surface area contributed by atoms with Crippen LogP contribution in [0.4, 0.5) is 9.59 Å². The van der Waals surface area contributed by atoms with Gasteiger partial charge in [-0.15, -0.1) is 0 Å². The van der Waals surface area contributed by atoms with Crippen LogP contribution in [0.1, 0.15) is 65.7 Å². The number of primary amides is 1. The molecule has 0 unspecified atom stereocenters. The van der Waals surface area contributed by atoms with Gasteiger partial charge in [-0.1, -0.05) is 32.1 Å². The Labute approximate surface area is 206 Å². The number of alkyl carbamates (subject to hydrolysis) is 1. The molecule has 2 rings (SSSR count). The summed E-state index contributed by atoms with van der Waals surface area (Å²) in [5.41, 5.74) is 6.30. The quantitative estimate of drug-likeness (QED) is 0.248. The number of nitrogens with zero attached hydrogens (tertiary/aromatic N) is 2. The van der Waals surface area contributed by atoms with Crippen LogP contribution in [0.25, 0.3) is 0 Å². The first kappa shape index (κ1) is 28.3. The first-order valence-electron chi connectivity index (χ1n) is 12.2. The highest BCUT2D eigenvalue weighted by Crippen LogP contribution is 2.28. The normalized spacial score (nSPS) is 19.0. The third-order valence-electron chi connectivity index (χ3n) is 5.66. The van der Waals surface area contributed by atoms with Crippen molar-refractivity contribution in [2.24, 2.45) is 16.8 Å². The molecule has 1 aliphatic heterocycles. The van der Waals surface area contributed by atoms with Crippen molar-refractivity contribution in [2.75, 3.05) is 26.3 Å². The fourth-order valence-corrected chi connectivity index (χ4v) is 4.12. The van der Waals surface area contributed by atoms with E-state index in [4.69, 9.17) is 19.9 Å². The molecule has 0 aromatic heterocycles. The minimum absolute atomic E-state index is 0.248. The van der Waals surface area contributed by atoms with Crippen LogP contribution in [0.2, 0.25) is 0 Å². The number of nitrogens with one attached hydrogen (secondary N) is 2. The van der Waals surface area contributed by atoms with Crippen LogP contribution in [0, 0.1) is 5.92 Å². The molecule has 0 aromatic rings. The number of esters is 1. The highest BCUT2D eigenvalue weighted by Gasteiger charge is 2.32. The van der Waals surface area contributed by atoms with Crippen LogP contribution in [0.3, 0.4) is 0 Å². The van der Waals surface area contributed by atoms with Gasteiger partial charge in [-0.3, -0.25) is 9.59 Å². The van der Waals surface area contributed by atoms with Crippen LogP contribution in [-0.2, 0) is 23.8 Å². The van der Waals surface area contributed by atoms with Crippen LogP contribution < -0.4 is 16.5 Å². The molecule has 2 atom stereocenters. The lowest BCUT2D eigenvalue weighted by Gasteiger charge is -2.32. The minimum Gasteiger partial charge on any atom is -0.460 e. The zero-order valence-electron chi connectivity index (χ0n) is 20.9. The van der Waals surface area contributed by atoms with Crippen molar-refractivity contribution in [3.63, 3.8) is 0 Å². The smallest absolute Gasteiger partial charge is 0.408 e. The van der Waals surface area contributed by atoms with Gasteiger partial charge >= 0.3 is 18.1 Å². The van der Waals surface area contributed by atoms with Crippen molar-refractivity contribution in [3.05, 3.63) is 0 Å². The molecule has 1 heterocycles. The largest absolute Gasteiger partial charge is 0.460 e. The van der Waals surface area contributed by atoms with Crippen molar-refractivity contribution >= 4 is 30.2 Å². The third kappa shape index (κ3) is 11.4. The predicted octanol–water partition coefficient (Wildman–Crippen LogP) is 1.66. The maximum absolute atomic E-state index is 13.2. The molecule has 198 valence electrons. The van der Waals surface area contributed by atoms with Crippen LogP contribution in [0.15, 0.2) is 5.10 Å². The molecule has 1 aliphatic carbocycles. The summed E-state index contributed by atoms with van der Waals surface area (Å²) in [6.45, 7) is 6.92. The second-order valence-electron chi connectivity index (χ2n) is 9.87. The molecule has 4 N–H and O–H groups in total. The molecule has 0 spiro atoms. The molecule has 4 amide bonds. The fraction of sp³-hybridized carbons (Fsp3) is 0.783. The second-order valence-corrected chi connectivity index (χ2v) is 9.87. The number of hydrogen-bond acceptors (Lipinski definition) is 8. The Morgan fingerprint density at radius 1 is 1.14 bits per heavy atom. The number of hydrogen-bond donors (Lipinski definition) is 3. The molecule has 12 heteroatoms. The Bertz CT molecular complexity index is 756. The van der Waals surface area contributed by atoms with Gasteiger partial charge in [-0.25, -0.2) is 15.0 Å². The summed E-state index contributed by atoms with van der Waals surface area (Å²) in [5, 5.41) is 6.17. The van der Waals surface area contributed by atoms with E-state index in [9.17, 15) is 19.2 Å². The number of carbonyl (C=O) groups is 4. The van der Waals surface area contributed by atoms with E-state index >= 15 is 0 Å². The van der Waals surface area contributed by atoms with E-state index in [1.807, 2.05) is 5.43 Å². The van der Waals surface area contributed by atoms with Crippen LogP contribution in [0.5, 0.6) is 0 Å². The SMILES string of the molecule is CC(C)(C)OC(=O)C[C@@H](C=NNC(N)=O)NC(=O)O[C@@H](CC1CCCCC1)C(=O)N1CCOCC1. The Balaban J connectivity index is 2.07. The Morgan fingerprint density at radius 2 is 1.80 bits per heavy atom. The van der Waals surface area contributed by atoms with Gasteiger partial charge in [0, 0.05) is 19.3 Å². The van der Waals surface area contributed by atoms with E-state index in [-0.39, 0.29) is 12.3 Å². The molecule has 12 nitrogen and oxygen atoms in total. The fourth-order valence-electron chi connectivity index (χ4n) is 4.12. The van der Waals surface area contributed by atoms with E-state index in [0.717, 1.165) is 31.9 Å². The second kappa shape index (κ2) is 13.9. The van der Waals surface area contributed by atoms with Crippen molar-refractivity contribution in [1.29, 1.82) is 0 Å². The maximum atomic E-state index is 13.2. The van der Waals surface area contributed by atoms with Gasteiger partial charge in [-0.05, 0) is 33.1 Å². The molecular formula is C23H39N5O7. The van der Waals surface area contributed by atoms with Gasteiger partial charge in [0.2, 0.25) is 0 Å². The standard InChI is InChI=1S/C23H39N5O7/c1-23(2,3)35-19(29)14-17(15-25-27-21(24)31)26-22(32)34-18(13-16-7-5-4-6-8-16)20(30)28-9-11-33-12-10-28/h15-18H,4-14H2,1-3H3,(H,26,32)(H3,24,27,31)/t17-,18-/m0/s1. The summed E-state index contributed by atoms with van der Waals surface area (Å²) in [7, 11) is 0. The predicted molar refractivity (Wildman–Crippen MR) is 127 cm³/mol. The zero-order valence-corrected chi connectivity index (χ0v) is 20.9. The number of nitrogens with two attached hydrogens (primary N) is 1. The van der Waals surface area contributed by atoms with Crippen LogP contribution in [-0.4, -0.2) is 79.2 Å². The highest BCUT2D eigenvalue weighted by atomic mass is 16.6. The lowest BCUT2D eigenvalue weighted by molar-refractivity contribution is -0.155. The third-order valence-corrected chi connectivity index (χ3v) is 5.66. The van der Waals surface area contributed by atoms with E-state index in [1.54, 1.807) is 25.7 Å². The lowest BCUT2D eigenvalue weighted by Crippen LogP contribution is -2.49. The summed E-state index contributed by atoms with van der Waals surface area (Å²) < 4.78 is 16.2. The monoisotopic (exact) mass is 497 g/mol. The van der Waals surface area contributed by atoms with Crippen molar-refractivity contribution in [3.8, 4) is 0 Å². The minimum atomic E-state index is -0.960. The molecule has 35 heavy (non-hydrogen) atoms. The number of morpholine rings is 1. The lowest BCUT2D eigenvalue weighted by atomic mass is 9.85. The highest BCUT2D eigenvalue weighted by molar-refractivity contribution is 5.85. The summed E-state index contributed by atoms with van der Waals surface area (Å²) in [6, 6.07) is -1.86. The van der Waals surface area contributed by atoms with Gasteiger partial charge < -0.3 is 30.2 Å². The topological polar surface area (TPSA) is 162 Å². The number of amides is 4. The number of ether oxygens (including phenoxy) is 3. The summed E-state index contributed by atoms with van der Waals surface area (Å²) in [6.07, 6.45) is 4.85. The Hall–Kier alpha value is -2.89. The van der Waals surface area contributed by atoms with Crippen LogP contribution >= 0.6 is 0 Å². The maximum Gasteiger partial charge on any atom is 0.408 e. The first-order chi connectivity index (χ1) is 16.5. The van der Waals surface area contributed by atoms with Gasteiger partial charge in [-0.2, -0.15) is 5.10 Å². The Morgan fingerprint density at radius 3 is 2.40 bits per heavy atom. The molecule has 1 saturated carbocycles. The van der Waals surface area contributed by atoms with Gasteiger partial charge in [0.05, 0.1) is 25.7 Å². The molecule has 2 aliphatic rings. The first-order valence-corrected chi connectivity index (χ1v) is 12.2. The number of rotatable bonds is 9. The van der Waals surface area contributed by atoms with E-state index < -0.39 is 35.8 Å².